The smallest absolute Gasteiger partial charge is 0.266 e. The molecule has 1 amide bonds. The number of nitrogens with one attached hydrogen (secondary N) is 1. The SMILES string of the molecule is COc1ccc(Cl)cc1NC(=O)c1sc2ncnc(N3CCc4ccccc4C3)c2c1C. The number of hydrogen-bond acceptors (Lipinski definition) is 6. The van der Waals surface area contributed by atoms with E-state index in [1.807, 2.05) is 6.92 Å². The van der Waals surface area contributed by atoms with E-state index in [1.165, 1.54) is 22.5 Å². The minimum absolute atomic E-state index is 0.221. The van der Waals surface area contributed by atoms with Crippen LogP contribution >= 0.6 is 22.9 Å². The Morgan fingerprint density at radius 2 is 2.00 bits per heavy atom. The van der Waals surface area contributed by atoms with Gasteiger partial charge in [-0.2, -0.15) is 0 Å². The molecule has 4 aromatic rings. The first-order chi connectivity index (χ1) is 15.5. The molecule has 0 unspecified atom stereocenters. The van der Waals surface area contributed by atoms with E-state index in [9.17, 15) is 4.79 Å². The molecular formula is C24H21ClN4O2S. The Kier molecular flexibility index (Phi) is 5.45. The average Bonchev–Trinajstić information content (AvgIpc) is 3.16. The van der Waals surface area contributed by atoms with Gasteiger partial charge in [0.15, 0.2) is 0 Å². The number of thiophene rings is 1. The molecule has 5 rings (SSSR count). The van der Waals surface area contributed by atoms with Crippen LogP contribution in [-0.4, -0.2) is 29.5 Å². The molecule has 0 atom stereocenters. The average molecular weight is 465 g/mol. The summed E-state index contributed by atoms with van der Waals surface area (Å²) in [6.07, 6.45) is 2.54. The number of aryl methyl sites for hydroxylation is 1. The summed E-state index contributed by atoms with van der Waals surface area (Å²) in [6.45, 7) is 3.62. The Bertz CT molecular complexity index is 1340. The molecule has 0 saturated carbocycles. The highest BCUT2D eigenvalue weighted by molar-refractivity contribution is 7.20. The molecule has 2 aromatic heterocycles. The lowest BCUT2D eigenvalue weighted by Crippen LogP contribution is -2.31. The molecule has 0 fully saturated rings. The zero-order chi connectivity index (χ0) is 22.2. The van der Waals surface area contributed by atoms with E-state index in [0.29, 0.717) is 21.3 Å². The predicted molar refractivity (Wildman–Crippen MR) is 129 cm³/mol. The Balaban J connectivity index is 1.50. The molecule has 0 radical (unpaired) electrons. The zero-order valence-corrected chi connectivity index (χ0v) is 19.3. The number of carbonyl (C=O) groups excluding carboxylic acids is 1. The van der Waals surface area contributed by atoms with Crippen molar-refractivity contribution < 1.29 is 9.53 Å². The number of benzene rings is 2. The number of aromatic nitrogens is 2. The standard InChI is InChI=1S/C24H21ClN4O2S/c1-14-20-22(29-10-9-15-5-3-4-6-16(15)12-29)26-13-27-24(20)32-21(14)23(30)28-18-11-17(25)7-8-19(18)31-2/h3-8,11,13H,9-10,12H2,1-2H3,(H,28,30). The van der Waals surface area contributed by atoms with Gasteiger partial charge in [0.2, 0.25) is 0 Å². The van der Waals surface area contributed by atoms with E-state index in [1.54, 1.807) is 31.6 Å². The second kappa shape index (κ2) is 8.41. The fraction of sp³-hybridized carbons (Fsp3) is 0.208. The molecule has 1 aliphatic heterocycles. The van der Waals surface area contributed by atoms with Crippen LogP contribution in [0.2, 0.25) is 5.02 Å². The second-order valence-corrected chi connectivity index (χ2v) is 9.11. The topological polar surface area (TPSA) is 67.3 Å². The lowest BCUT2D eigenvalue weighted by molar-refractivity contribution is 0.102. The number of carbonyl (C=O) groups is 1. The largest absolute Gasteiger partial charge is 0.495 e. The summed E-state index contributed by atoms with van der Waals surface area (Å²) in [5.41, 5.74) is 4.09. The van der Waals surface area contributed by atoms with Crippen molar-refractivity contribution in [2.24, 2.45) is 0 Å². The van der Waals surface area contributed by atoms with Crippen molar-refractivity contribution in [3.05, 3.63) is 75.4 Å². The van der Waals surface area contributed by atoms with Gasteiger partial charge in [-0.3, -0.25) is 4.79 Å². The van der Waals surface area contributed by atoms with Crippen LogP contribution in [-0.2, 0) is 13.0 Å². The first-order valence-corrected chi connectivity index (χ1v) is 11.5. The van der Waals surface area contributed by atoms with Crippen molar-refractivity contribution in [1.29, 1.82) is 0 Å². The van der Waals surface area contributed by atoms with Gasteiger partial charge in [0.1, 0.15) is 22.7 Å². The summed E-state index contributed by atoms with van der Waals surface area (Å²) in [5, 5.41) is 4.38. The molecule has 3 heterocycles. The lowest BCUT2D eigenvalue weighted by atomic mass is 9.99. The number of hydrogen-bond donors (Lipinski definition) is 1. The first-order valence-electron chi connectivity index (χ1n) is 10.3. The van der Waals surface area contributed by atoms with Gasteiger partial charge in [-0.15, -0.1) is 11.3 Å². The van der Waals surface area contributed by atoms with E-state index in [0.717, 1.165) is 41.1 Å². The van der Waals surface area contributed by atoms with Crippen molar-refractivity contribution >= 4 is 50.6 Å². The van der Waals surface area contributed by atoms with Gasteiger partial charge < -0.3 is 15.0 Å². The second-order valence-electron chi connectivity index (χ2n) is 7.67. The molecule has 32 heavy (non-hydrogen) atoms. The molecule has 162 valence electrons. The van der Waals surface area contributed by atoms with Crippen LogP contribution in [0.5, 0.6) is 5.75 Å². The number of ether oxygens (including phenoxy) is 1. The summed E-state index contributed by atoms with van der Waals surface area (Å²) in [7, 11) is 1.56. The van der Waals surface area contributed by atoms with Gasteiger partial charge in [-0.25, -0.2) is 9.97 Å². The third-order valence-corrected chi connectivity index (χ3v) is 7.19. The fourth-order valence-electron chi connectivity index (χ4n) is 4.14. The van der Waals surface area contributed by atoms with Gasteiger partial charge in [-0.1, -0.05) is 35.9 Å². The minimum Gasteiger partial charge on any atom is -0.495 e. The highest BCUT2D eigenvalue weighted by Crippen LogP contribution is 2.37. The normalized spacial score (nSPS) is 13.2. The lowest BCUT2D eigenvalue weighted by Gasteiger charge is -2.30. The van der Waals surface area contributed by atoms with Gasteiger partial charge in [0.05, 0.1) is 23.1 Å². The van der Waals surface area contributed by atoms with Crippen LogP contribution in [0.25, 0.3) is 10.2 Å². The predicted octanol–water partition coefficient (Wildman–Crippen LogP) is 5.48. The third kappa shape index (κ3) is 3.67. The number of nitrogens with zero attached hydrogens (tertiary/aromatic N) is 3. The molecule has 0 bridgehead atoms. The number of anilines is 2. The summed E-state index contributed by atoms with van der Waals surface area (Å²) in [5.74, 6) is 1.20. The molecule has 0 aliphatic carbocycles. The van der Waals surface area contributed by atoms with Gasteiger partial charge in [0.25, 0.3) is 5.91 Å². The van der Waals surface area contributed by atoms with Crippen molar-refractivity contribution in [2.45, 2.75) is 19.9 Å². The summed E-state index contributed by atoms with van der Waals surface area (Å²) >= 11 is 7.48. The molecule has 0 saturated heterocycles. The quantitative estimate of drug-likeness (QED) is 0.433. The Morgan fingerprint density at radius 3 is 2.81 bits per heavy atom. The molecular weight excluding hydrogens is 444 g/mol. The van der Waals surface area contributed by atoms with Crippen molar-refractivity contribution in [2.75, 3.05) is 23.9 Å². The highest BCUT2D eigenvalue weighted by atomic mass is 35.5. The summed E-state index contributed by atoms with van der Waals surface area (Å²) in [4.78, 5) is 25.9. The van der Waals surface area contributed by atoms with Crippen molar-refractivity contribution in [3.8, 4) is 5.75 Å². The number of fused-ring (bicyclic) bond motifs is 2. The number of amides is 1. The third-order valence-electron chi connectivity index (χ3n) is 5.75. The maximum absolute atomic E-state index is 13.2. The fourth-order valence-corrected chi connectivity index (χ4v) is 5.35. The van der Waals surface area contributed by atoms with Crippen LogP contribution in [0.1, 0.15) is 26.4 Å². The maximum atomic E-state index is 13.2. The van der Waals surface area contributed by atoms with Crippen LogP contribution in [0.3, 0.4) is 0 Å². The van der Waals surface area contributed by atoms with Crippen LogP contribution in [0.15, 0.2) is 48.8 Å². The van der Waals surface area contributed by atoms with Gasteiger partial charge in [0, 0.05) is 18.1 Å². The summed E-state index contributed by atoms with van der Waals surface area (Å²) in [6, 6.07) is 13.6. The van der Waals surface area contributed by atoms with Crippen LogP contribution in [0.4, 0.5) is 11.5 Å². The zero-order valence-electron chi connectivity index (χ0n) is 17.7. The van der Waals surface area contributed by atoms with E-state index in [4.69, 9.17) is 16.3 Å². The Labute approximate surface area is 194 Å². The molecule has 1 aliphatic rings. The molecule has 2 aromatic carbocycles. The monoisotopic (exact) mass is 464 g/mol. The molecule has 8 heteroatoms. The first kappa shape index (κ1) is 20.7. The number of halogens is 1. The van der Waals surface area contributed by atoms with Gasteiger partial charge >= 0.3 is 0 Å². The molecule has 0 spiro atoms. The Morgan fingerprint density at radius 1 is 1.19 bits per heavy atom. The number of rotatable bonds is 4. The molecule has 1 N–H and O–H groups in total. The number of methoxy groups -OCH3 is 1. The van der Waals surface area contributed by atoms with E-state index in [2.05, 4.69) is 44.5 Å². The van der Waals surface area contributed by atoms with Crippen LogP contribution in [0, 0.1) is 6.92 Å². The Hall–Kier alpha value is -3.16. The maximum Gasteiger partial charge on any atom is 0.266 e. The van der Waals surface area contributed by atoms with Crippen molar-refractivity contribution in [1.82, 2.24) is 9.97 Å². The van der Waals surface area contributed by atoms with E-state index >= 15 is 0 Å². The van der Waals surface area contributed by atoms with Crippen molar-refractivity contribution in [3.63, 3.8) is 0 Å². The summed E-state index contributed by atoms with van der Waals surface area (Å²) < 4.78 is 5.35. The minimum atomic E-state index is -0.221. The van der Waals surface area contributed by atoms with Gasteiger partial charge in [-0.05, 0) is 48.2 Å². The molecule has 6 nitrogen and oxygen atoms in total. The van der Waals surface area contributed by atoms with E-state index < -0.39 is 0 Å². The van der Waals surface area contributed by atoms with E-state index in [-0.39, 0.29) is 5.91 Å². The van der Waals surface area contributed by atoms with Crippen LogP contribution < -0.4 is 15.0 Å². The highest BCUT2D eigenvalue weighted by Gasteiger charge is 2.24.